The van der Waals surface area contributed by atoms with Crippen LogP contribution in [0.1, 0.15) is 31.1 Å². The number of aromatic nitrogens is 4. The topological polar surface area (TPSA) is 78.9 Å². The van der Waals surface area contributed by atoms with Gasteiger partial charge in [0, 0.05) is 17.8 Å². The third-order valence-corrected chi connectivity index (χ3v) is 5.61. The van der Waals surface area contributed by atoms with Crippen molar-refractivity contribution in [1.29, 1.82) is 0 Å². The van der Waals surface area contributed by atoms with Crippen molar-refractivity contribution in [3.05, 3.63) is 59.6 Å². The predicted octanol–water partition coefficient (Wildman–Crippen LogP) is 4.53. The van der Waals surface area contributed by atoms with E-state index in [1.807, 2.05) is 18.3 Å². The highest BCUT2D eigenvalue weighted by Gasteiger charge is 2.27. The molecule has 4 heterocycles. The summed E-state index contributed by atoms with van der Waals surface area (Å²) in [5.41, 5.74) is 9.01. The Morgan fingerprint density at radius 2 is 2.07 bits per heavy atom. The number of nitrogens with two attached hydrogens (primary N) is 1. The number of anilines is 1. The van der Waals surface area contributed by atoms with Crippen molar-refractivity contribution in [3.63, 3.8) is 0 Å². The molecule has 6 nitrogen and oxygen atoms in total. The molecule has 28 heavy (non-hydrogen) atoms. The van der Waals surface area contributed by atoms with Crippen LogP contribution in [-0.2, 0) is 11.2 Å². The van der Waals surface area contributed by atoms with Gasteiger partial charge in [0.25, 0.3) is 0 Å². The van der Waals surface area contributed by atoms with Gasteiger partial charge in [-0.05, 0) is 49.4 Å². The van der Waals surface area contributed by atoms with Crippen molar-refractivity contribution in [3.8, 4) is 0 Å². The van der Waals surface area contributed by atoms with Crippen molar-refractivity contribution in [2.75, 3.05) is 5.73 Å². The van der Waals surface area contributed by atoms with Crippen LogP contribution in [0.2, 0.25) is 5.02 Å². The molecule has 0 radical (unpaired) electrons. The van der Waals surface area contributed by atoms with Crippen molar-refractivity contribution < 1.29 is 4.74 Å². The quantitative estimate of drug-likeness (QED) is 0.551. The molecule has 1 aliphatic heterocycles. The number of rotatable bonds is 4. The van der Waals surface area contributed by atoms with E-state index >= 15 is 0 Å². The van der Waals surface area contributed by atoms with Crippen LogP contribution in [0.5, 0.6) is 0 Å². The average molecular weight is 394 g/mol. The van der Waals surface area contributed by atoms with Crippen molar-refractivity contribution in [2.45, 2.75) is 38.0 Å². The third-order valence-electron chi connectivity index (χ3n) is 5.41. The summed E-state index contributed by atoms with van der Waals surface area (Å²) in [5.74, 6) is 0.504. The zero-order valence-corrected chi connectivity index (χ0v) is 16.0. The molecule has 2 N–H and O–H groups in total. The highest BCUT2D eigenvalue weighted by atomic mass is 35.5. The van der Waals surface area contributed by atoms with Gasteiger partial charge in [0.15, 0.2) is 0 Å². The van der Waals surface area contributed by atoms with Crippen molar-refractivity contribution in [1.82, 2.24) is 19.5 Å². The summed E-state index contributed by atoms with van der Waals surface area (Å²) >= 11 is 6.01. The van der Waals surface area contributed by atoms with E-state index in [4.69, 9.17) is 22.1 Å². The molecule has 0 saturated carbocycles. The normalized spacial score (nSPS) is 19.6. The molecule has 0 spiro atoms. The second-order valence-corrected chi connectivity index (χ2v) is 7.66. The lowest BCUT2D eigenvalue weighted by molar-refractivity contribution is 0.00120. The Morgan fingerprint density at radius 1 is 1.14 bits per heavy atom. The summed E-state index contributed by atoms with van der Waals surface area (Å²) in [6, 6.07) is 10.3. The van der Waals surface area contributed by atoms with Crippen LogP contribution >= 0.6 is 11.6 Å². The first-order chi connectivity index (χ1) is 13.7. The SMILES string of the molecule is Nc1ncnc2c1ccn2[C@H]1CC[C@@H](CCc2ccc3cc(Cl)cnc3c2)O1. The third kappa shape index (κ3) is 3.19. The molecule has 1 aliphatic rings. The Morgan fingerprint density at radius 3 is 3.00 bits per heavy atom. The summed E-state index contributed by atoms with van der Waals surface area (Å²) < 4.78 is 8.37. The first-order valence-electron chi connectivity index (χ1n) is 9.44. The van der Waals surface area contributed by atoms with Crippen LogP contribution in [0.4, 0.5) is 5.82 Å². The van der Waals surface area contributed by atoms with Gasteiger partial charge in [0.05, 0.1) is 22.0 Å². The number of hydrogen-bond donors (Lipinski definition) is 1. The molecule has 4 aromatic rings. The monoisotopic (exact) mass is 393 g/mol. The van der Waals surface area contributed by atoms with Crippen molar-refractivity contribution in [2.24, 2.45) is 0 Å². The van der Waals surface area contributed by atoms with Gasteiger partial charge in [-0.1, -0.05) is 23.7 Å². The molecular formula is C21H20ClN5O. The van der Waals surface area contributed by atoms with Crippen LogP contribution in [-0.4, -0.2) is 25.6 Å². The maximum Gasteiger partial charge on any atom is 0.147 e. The van der Waals surface area contributed by atoms with E-state index in [0.717, 1.165) is 47.6 Å². The van der Waals surface area contributed by atoms with Crippen molar-refractivity contribution >= 4 is 39.4 Å². The number of fused-ring (bicyclic) bond motifs is 2. The minimum atomic E-state index is -0.00258. The molecular weight excluding hydrogens is 374 g/mol. The molecule has 3 aromatic heterocycles. The van der Waals surface area contributed by atoms with Gasteiger partial charge in [-0.2, -0.15) is 0 Å². The van der Waals surface area contributed by atoms with Crippen LogP contribution in [0.15, 0.2) is 49.1 Å². The zero-order chi connectivity index (χ0) is 19.1. The van der Waals surface area contributed by atoms with Crippen LogP contribution in [0.25, 0.3) is 21.9 Å². The standard InChI is InChI=1S/C21H20ClN5O/c22-15-10-14-3-1-13(9-18(14)24-11-15)2-4-16-5-6-19(28-16)27-8-7-17-20(23)25-12-26-21(17)27/h1,3,7-12,16,19H,2,4-6H2,(H2,23,25,26)/t16-,19-/m1/s1. The molecule has 0 bridgehead atoms. The van der Waals surface area contributed by atoms with Gasteiger partial charge in [-0.25, -0.2) is 9.97 Å². The lowest BCUT2D eigenvalue weighted by Gasteiger charge is -2.16. The lowest BCUT2D eigenvalue weighted by Crippen LogP contribution is -2.12. The van der Waals surface area contributed by atoms with Gasteiger partial charge in [0.1, 0.15) is 24.0 Å². The van der Waals surface area contributed by atoms with Gasteiger partial charge in [0.2, 0.25) is 0 Å². The molecule has 0 unspecified atom stereocenters. The average Bonchev–Trinajstić information content (AvgIpc) is 3.33. The largest absolute Gasteiger partial charge is 0.383 e. The number of aryl methyl sites for hydroxylation is 1. The summed E-state index contributed by atoms with van der Waals surface area (Å²) in [5, 5.41) is 2.60. The summed E-state index contributed by atoms with van der Waals surface area (Å²) in [6.07, 6.45) is 9.35. The Bertz CT molecular complexity index is 1160. The van der Waals surface area contributed by atoms with E-state index in [0.29, 0.717) is 10.8 Å². The number of pyridine rings is 1. The Balaban J connectivity index is 1.26. The minimum absolute atomic E-state index is 0.00258. The van der Waals surface area contributed by atoms with E-state index in [1.165, 1.54) is 11.9 Å². The molecule has 1 aromatic carbocycles. The smallest absolute Gasteiger partial charge is 0.147 e. The summed E-state index contributed by atoms with van der Waals surface area (Å²) in [7, 11) is 0. The maximum atomic E-state index is 6.31. The van der Waals surface area contributed by atoms with E-state index in [-0.39, 0.29) is 12.3 Å². The van der Waals surface area contributed by atoms with Gasteiger partial charge in [-0.15, -0.1) is 0 Å². The molecule has 5 rings (SSSR count). The number of halogens is 1. The van der Waals surface area contributed by atoms with Gasteiger partial charge in [-0.3, -0.25) is 4.98 Å². The fraction of sp³-hybridized carbons (Fsp3) is 0.286. The van der Waals surface area contributed by atoms with Crippen LogP contribution in [0.3, 0.4) is 0 Å². The predicted molar refractivity (Wildman–Crippen MR) is 110 cm³/mol. The Labute approximate surface area is 167 Å². The molecule has 7 heteroatoms. The molecule has 2 atom stereocenters. The Hall–Kier alpha value is -2.70. The number of nitrogens with zero attached hydrogens (tertiary/aromatic N) is 4. The number of benzene rings is 1. The van der Waals surface area contributed by atoms with Crippen LogP contribution < -0.4 is 5.73 Å². The Kier molecular flexibility index (Phi) is 4.37. The first-order valence-corrected chi connectivity index (χ1v) is 9.82. The molecule has 1 fully saturated rings. The fourth-order valence-electron chi connectivity index (χ4n) is 3.95. The minimum Gasteiger partial charge on any atom is -0.383 e. The van der Waals surface area contributed by atoms with Gasteiger partial charge < -0.3 is 15.0 Å². The van der Waals surface area contributed by atoms with E-state index < -0.39 is 0 Å². The van der Waals surface area contributed by atoms with Gasteiger partial charge >= 0.3 is 0 Å². The van der Waals surface area contributed by atoms with E-state index in [2.05, 4.69) is 37.7 Å². The summed E-state index contributed by atoms with van der Waals surface area (Å²) in [4.78, 5) is 12.8. The fourth-order valence-corrected chi connectivity index (χ4v) is 4.12. The molecule has 142 valence electrons. The maximum absolute atomic E-state index is 6.31. The molecule has 1 saturated heterocycles. The highest BCUT2D eigenvalue weighted by molar-refractivity contribution is 6.31. The van der Waals surface area contributed by atoms with E-state index in [1.54, 1.807) is 6.20 Å². The first kappa shape index (κ1) is 17.4. The lowest BCUT2D eigenvalue weighted by atomic mass is 10.0. The number of hydrogen-bond acceptors (Lipinski definition) is 5. The highest BCUT2D eigenvalue weighted by Crippen LogP contribution is 2.33. The number of nitrogen functional groups attached to an aromatic ring is 1. The molecule has 0 amide bonds. The zero-order valence-electron chi connectivity index (χ0n) is 15.3. The second kappa shape index (κ2) is 7.04. The second-order valence-electron chi connectivity index (χ2n) is 7.23. The van der Waals surface area contributed by atoms with Crippen LogP contribution in [0, 0.1) is 0 Å². The van der Waals surface area contributed by atoms with E-state index in [9.17, 15) is 0 Å². The number of ether oxygens (including phenoxy) is 1. The summed E-state index contributed by atoms with van der Waals surface area (Å²) in [6.45, 7) is 0. The molecule has 0 aliphatic carbocycles.